The van der Waals surface area contributed by atoms with Crippen molar-refractivity contribution in [1.82, 2.24) is 5.32 Å². The van der Waals surface area contributed by atoms with Gasteiger partial charge in [0.1, 0.15) is 0 Å². The Hall–Kier alpha value is -0.380. The maximum Gasteiger partial charge on any atom is 0.407 e. The van der Waals surface area contributed by atoms with Gasteiger partial charge in [0.2, 0.25) is 0 Å². The molecule has 3 nitrogen and oxygen atoms in total. The van der Waals surface area contributed by atoms with Crippen molar-refractivity contribution in [1.29, 1.82) is 0 Å². The minimum Gasteiger partial charge on any atom is -0.450 e. The third kappa shape index (κ3) is 5.64. The van der Waals surface area contributed by atoms with Crippen LogP contribution in [0, 0.1) is 0 Å². The van der Waals surface area contributed by atoms with Gasteiger partial charge in [-0.05, 0) is 36.4 Å². The molecule has 0 unspecified atom stereocenters. The van der Waals surface area contributed by atoms with Crippen LogP contribution in [0.4, 0.5) is 4.79 Å². The van der Waals surface area contributed by atoms with Gasteiger partial charge in [-0.2, -0.15) is 0 Å². The van der Waals surface area contributed by atoms with Gasteiger partial charge in [0.25, 0.3) is 0 Å². The fourth-order valence-corrected chi connectivity index (χ4v) is 4.64. The summed E-state index contributed by atoms with van der Waals surface area (Å²) in [6.45, 7) is 9.89. The molecule has 0 aliphatic heterocycles. The molecule has 0 saturated carbocycles. The fourth-order valence-electron chi connectivity index (χ4n) is 1.80. The van der Waals surface area contributed by atoms with Gasteiger partial charge in [-0.25, -0.2) is 14.8 Å². The van der Waals surface area contributed by atoms with Crippen LogP contribution in [0.15, 0.2) is 0 Å². The Labute approximate surface area is 102 Å². The highest BCUT2D eigenvalue weighted by Crippen LogP contribution is 2.47. The highest BCUT2D eigenvalue weighted by molar-refractivity contribution is 8.33. The van der Waals surface area contributed by atoms with Crippen LogP contribution in [0.3, 0.4) is 0 Å². The molecule has 0 aromatic rings. The highest BCUT2D eigenvalue weighted by Gasteiger charge is 2.16. The van der Waals surface area contributed by atoms with Crippen molar-refractivity contribution in [2.45, 2.75) is 34.1 Å². The second kappa shape index (κ2) is 8.74. The maximum absolute atomic E-state index is 11.0. The van der Waals surface area contributed by atoms with Crippen LogP contribution in [0.2, 0.25) is 0 Å². The predicted octanol–water partition coefficient (Wildman–Crippen LogP) is 2.99. The second-order valence-corrected chi connectivity index (χ2v) is 8.39. The Morgan fingerprint density at radius 1 is 1.12 bits per heavy atom. The Bertz CT molecular complexity index is 185. The minimum atomic E-state index is -0.413. The minimum absolute atomic E-state index is 0.285. The van der Waals surface area contributed by atoms with Crippen molar-refractivity contribution in [2.75, 3.05) is 36.2 Å². The van der Waals surface area contributed by atoms with Gasteiger partial charge >= 0.3 is 6.09 Å². The standard InChI is InChI=1S/C12H27NO2S/c1-5-15-12(14)13-10-9-11-16(6-2,7-3)8-4/h5-11H2,1-4H3,(H,13,14). The van der Waals surface area contributed by atoms with Crippen LogP contribution in [-0.4, -0.2) is 42.3 Å². The van der Waals surface area contributed by atoms with Gasteiger partial charge in [0.15, 0.2) is 0 Å². The molecule has 0 aliphatic rings. The average Bonchev–Trinajstić information content (AvgIpc) is 2.31. The molecule has 4 heteroatoms. The van der Waals surface area contributed by atoms with Gasteiger partial charge in [-0.15, -0.1) is 0 Å². The van der Waals surface area contributed by atoms with Crippen LogP contribution in [0.5, 0.6) is 0 Å². The normalized spacial score (nSPS) is 12.2. The summed E-state index contributed by atoms with van der Waals surface area (Å²) >= 11 is 0. The summed E-state index contributed by atoms with van der Waals surface area (Å²) in [6, 6.07) is 0. The molecule has 98 valence electrons. The molecule has 1 N–H and O–H groups in total. The Balaban J connectivity index is 3.74. The summed E-state index contributed by atoms with van der Waals surface area (Å²) in [6.07, 6.45) is 0.788. The average molecular weight is 249 g/mol. The van der Waals surface area contributed by atoms with E-state index in [1.54, 1.807) is 0 Å². The first-order valence-electron chi connectivity index (χ1n) is 6.28. The largest absolute Gasteiger partial charge is 0.450 e. The summed E-state index contributed by atoms with van der Waals surface area (Å²) in [7, 11) is -0.413. The monoisotopic (exact) mass is 249 g/mol. The SMILES string of the molecule is CCOC(=O)NCCCS(CC)(CC)CC. The van der Waals surface area contributed by atoms with E-state index in [1.165, 1.54) is 23.0 Å². The van der Waals surface area contributed by atoms with Crippen LogP contribution < -0.4 is 5.32 Å². The molecule has 0 bridgehead atoms. The molecule has 1 amide bonds. The second-order valence-electron chi connectivity index (χ2n) is 3.80. The van der Waals surface area contributed by atoms with Gasteiger partial charge in [0, 0.05) is 6.54 Å². The smallest absolute Gasteiger partial charge is 0.407 e. The molecule has 0 saturated heterocycles. The van der Waals surface area contributed by atoms with E-state index in [9.17, 15) is 4.79 Å². The van der Waals surface area contributed by atoms with E-state index in [0.717, 1.165) is 13.0 Å². The molecule has 0 atom stereocenters. The number of carbonyl (C=O) groups excluding carboxylic acids is 1. The van der Waals surface area contributed by atoms with Crippen molar-refractivity contribution in [3.63, 3.8) is 0 Å². The molecule has 16 heavy (non-hydrogen) atoms. The van der Waals surface area contributed by atoms with Gasteiger partial charge in [-0.3, -0.25) is 0 Å². The molecule has 0 aromatic carbocycles. The molecule has 0 rings (SSSR count). The Morgan fingerprint density at radius 2 is 1.69 bits per heavy atom. The van der Waals surface area contributed by atoms with Crippen LogP contribution in [0.25, 0.3) is 0 Å². The number of alkyl carbamates (subject to hydrolysis) is 1. The number of amides is 1. The summed E-state index contributed by atoms with van der Waals surface area (Å²) in [5.74, 6) is 5.18. The van der Waals surface area contributed by atoms with Crippen LogP contribution in [-0.2, 0) is 4.74 Å². The number of nitrogens with one attached hydrogen (secondary N) is 1. The van der Waals surface area contributed by atoms with Gasteiger partial charge in [0.05, 0.1) is 6.61 Å². The molecule has 0 aliphatic carbocycles. The molecule has 0 aromatic heterocycles. The summed E-state index contributed by atoms with van der Waals surface area (Å²) < 4.78 is 4.81. The quantitative estimate of drug-likeness (QED) is 0.672. The lowest BCUT2D eigenvalue weighted by Gasteiger charge is -2.37. The first kappa shape index (κ1) is 15.6. The predicted molar refractivity (Wildman–Crippen MR) is 73.7 cm³/mol. The van der Waals surface area contributed by atoms with Crippen molar-refractivity contribution in [3.8, 4) is 0 Å². The number of hydrogen-bond acceptors (Lipinski definition) is 2. The lowest BCUT2D eigenvalue weighted by molar-refractivity contribution is 0.152. The zero-order valence-electron chi connectivity index (χ0n) is 11.2. The Kier molecular flexibility index (Phi) is 8.53. The summed E-state index contributed by atoms with van der Waals surface area (Å²) in [4.78, 5) is 11.0. The summed E-state index contributed by atoms with van der Waals surface area (Å²) in [5, 5.41) is 2.78. The number of hydrogen-bond donors (Lipinski definition) is 1. The van der Waals surface area contributed by atoms with Crippen molar-refractivity contribution in [3.05, 3.63) is 0 Å². The molecule has 0 heterocycles. The van der Waals surface area contributed by atoms with E-state index in [1.807, 2.05) is 6.92 Å². The van der Waals surface area contributed by atoms with E-state index in [4.69, 9.17) is 4.74 Å². The summed E-state index contributed by atoms with van der Waals surface area (Å²) in [5.41, 5.74) is 0. The fraction of sp³-hybridized carbons (Fsp3) is 0.917. The number of carbonyl (C=O) groups is 1. The topological polar surface area (TPSA) is 38.3 Å². The maximum atomic E-state index is 11.0. The lowest BCUT2D eigenvalue weighted by Crippen LogP contribution is -2.27. The third-order valence-corrected chi connectivity index (χ3v) is 7.96. The van der Waals surface area contributed by atoms with Gasteiger partial charge < -0.3 is 10.1 Å². The highest BCUT2D eigenvalue weighted by atomic mass is 32.3. The number of ether oxygens (including phenoxy) is 1. The van der Waals surface area contributed by atoms with Crippen molar-refractivity contribution < 1.29 is 9.53 Å². The van der Waals surface area contributed by atoms with E-state index in [2.05, 4.69) is 26.1 Å². The van der Waals surface area contributed by atoms with E-state index >= 15 is 0 Å². The zero-order chi connectivity index (χ0) is 12.4. The molecular weight excluding hydrogens is 222 g/mol. The molecule has 0 fully saturated rings. The first-order chi connectivity index (χ1) is 7.64. The Morgan fingerprint density at radius 3 is 2.12 bits per heavy atom. The van der Waals surface area contributed by atoms with Gasteiger partial charge in [-0.1, -0.05) is 20.8 Å². The zero-order valence-corrected chi connectivity index (χ0v) is 12.0. The lowest BCUT2D eigenvalue weighted by atomic mass is 10.5. The van der Waals surface area contributed by atoms with Crippen molar-refractivity contribution in [2.24, 2.45) is 0 Å². The van der Waals surface area contributed by atoms with Crippen molar-refractivity contribution >= 4 is 16.1 Å². The van der Waals surface area contributed by atoms with Crippen LogP contribution >= 0.6 is 10.0 Å². The van der Waals surface area contributed by atoms with E-state index < -0.39 is 10.0 Å². The van der Waals surface area contributed by atoms with E-state index in [0.29, 0.717) is 6.61 Å². The first-order valence-corrected chi connectivity index (χ1v) is 8.59. The third-order valence-electron chi connectivity index (χ3n) is 3.14. The molecular formula is C12H27NO2S. The molecule has 0 spiro atoms. The molecule has 0 radical (unpaired) electrons. The van der Waals surface area contributed by atoms with Crippen LogP contribution in [0.1, 0.15) is 34.1 Å². The van der Waals surface area contributed by atoms with E-state index in [-0.39, 0.29) is 6.09 Å². The number of rotatable bonds is 8.